The number of aromatic carboxylic acids is 1. The Balaban J connectivity index is 0.000000180. The summed E-state index contributed by atoms with van der Waals surface area (Å²) in [5, 5.41) is 19.8. The largest absolute Gasteiger partial charge is 0.477 e. The van der Waals surface area contributed by atoms with Gasteiger partial charge in [0, 0.05) is 103 Å². The number of ether oxygens (including phenoxy) is 4. The minimum absolute atomic E-state index is 0.00170. The molecule has 3 fully saturated rings. The zero-order chi connectivity index (χ0) is 82.1. The van der Waals surface area contributed by atoms with Crippen LogP contribution in [0, 0.1) is 17.5 Å². The number of benzene rings is 6. The van der Waals surface area contributed by atoms with E-state index in [1.807, 2.05) is 69.5 Å². The van der Waals surface area contributed by atoms with Gasteiger partial charge in [0.1, 0.15) is 44.7 Å². The number of nitrogens with two attached hydrogens (primary N) is 2. The van der Waals surface area contributed by atoms with Crippen LogP contribution in [0.4, 0.5) is 70.5 Å². The number of aromatic nitrogens is 3. The van der Waals surface area contributed by atoms with Crippen LogP contribution in [0.3, 0.4) is 0 Å². The predicted molar refractivity (Wildman–Crippen MR) is 439 cm³/mol. The first-order chi connectivity index (χ1) is 53.3. The molecular weight excluding hydrogens is 1510 g/mol. The Labute approximate surface area is 667 Å². The number of carbonyl (C=O) groups is 7. The van der Waals surface area contributed by atoms with E-state index in [1.54, 1.807) is 137 Å². The third-order valence-electron chi connectivity index (χ3n) is 16.8. The molecular formula is C82H96F3N13O12S3. The van der Waals surface area contributed by atoms with Gasteiger partial charge >= 0.3 is 30.3 Å². The van der Waals surface area contributed by atoms with Crippen LogP contribution in [0.5, 0.6) is 0 Å². The molecule has 0 atom stereocenters. The average molecular weight is 1610 g/mol. The van der Waals surface area contributed by atoms with E-state index in [2.05, 4.69) is 35.8 Å². The summed E-state index contributed by atoms with van der Waals surface area (Å²) in [6.07, 6.45) is 2.96. The summed E-state index contributed by atoms with van der Waals surface area (Å²) in [5.41, 5.74) is 18.0. The van der Waals surface area contributed by atoms with Crippen molar-refractivity contribution in [2.75, 3.05) is 115 Å². The Morgan fingerprint density at radius 2 is 0.743 bits per heavy atom. The molecule has 3 aliphatic heterocycles. The van der Waals surface area contributed by atoms with Gasteiger partial charge in [0.2, 0.25) is 0 Å². The van der Waals surface area contributed by atoms with Crippen LogP contribution in [0.2, 0.25) is 0 Å². The highest BCUT2D eigenvalue weighted by Crippen LogP contribution is 2.34. The van der Waals surface area contributed by atoms with Crippen LogP contribution < -0.4 is 42.1 Å². The van der Waals surface area contributed by atoms with Crippen molar-refractivity contribution in [1.82, 2.24) is 30.1 Å². The van der Waals surface area contributed by atoms with Gasteiger partial charge in [0.15, 0.2) is 27.0 Å². The topological polar surface area (TPSA) is 320 Å². The van der Waals surface area contributed by atoms with Crippen molar-refractivity contribution in [1.29, 1.82) is 0 Å². The van der Waals surface area contributed by atoms with Crippen LogP contribution >= 0.6 is 34.0 Å². The molecule has 0 unspecified atom stereocenters. The standard InChI is InChI=1S/C31H37FN4O5S.C21H21FN4OS.C17H19FN2O2.C13H19N3O4S/c1-30(2,3)40-28(38)34-24-12-9-21(20-7-10-23(32)11-8-20)17-22(24)18-25(37)26-19-33-27(42-26)35-13-15-36(16-14-35)29(39)41-31(4,5)6;22-17-4-1-14(2-5-17)15-3-6-18(23)16(11-15)12-19(27)20-13-25-21(28-20)26-9-7-24-8-10-26;1-17(2,3)22-16(21)20-15-9-6-12(10-14(15)19)11-4-7-13(18)8-5-11;1-13(2,3)20-12(19)16-6-4-15(5-7-16)11-14-8-9(21-11)10(17)18/h7-12,17,19H,13-16,18H2,1-6H3,(H,34,38);1-6,11,13,24H,7-10,12,23H2;4-10H,19H2,1-3H3,(H,20,21);8H,4-7H2,1-3H3,(H,17,18). The molecule has 6 aromatic carbocycles. The van der Waals surface area contributed by atoms with Crippen molar-refractivity contribution < 1.29 is 70.8 Å². The summed E-state index contributed by atoms with van der Waals surface area (Å²) in [7, 11) is 0. The first-order valence-corrected chi connectivity index (χ1v) is 39.0. The molecule has 0 aliphatic carbocycles. The van der Waals surface area contributed by atoms with Crippen molar-refractivity contribution in [2.24, 2.45) is 0 Å². The van der Waals surface area contributed by atoms with Crippen LogP contribution in [0.1, 0.15) is 123 Å². The quantitative estimate of drug-likeness (QED) is 0.0315. The zero-order valence-electron chi connectivity index (χ0n) is 65.3. The number of carboxylic acids is 1. The number of nitrogens with one attached hydrogen (secondary N) is 3. The molecule has 3 aliphatic rings. The molecule has 8 N–H and O–H groups in total. The fraction of sp³-hybridized carbons (Fsp3) is 0.366. The number of ketones is 2. The molecule has 0 bridgehead atoms. The molecule has 31 heteroatoms. The molecule has 113 heavy (non-hydrogen) atoms. The van der Waals surface area contributed by atoms with Gasteiger partial charge in [-0.3, -0.25) is 20.2 Å². The molecule has 3 saturated heterocycles. The number of hydrogen-bond acceptors (Lipinski definition) is 23. The van der Waals surface area contributed by atoms with Gasteiger partial charge in [0.05, 0.1) is 39.7 Å². The fourth-order valence-corrected chi connectivity index (χ4v) is 14.0. The summed E-state index contributed by atoms with van der Waals surface area (Å²) in [5.74, 6) is -2.03. The Hall–Kier alpha value is -11.2. The predicted octanol–water partition coefficient (Wildman–Crippen LogP) is 16.5. The highest BCUT2D eigenvalue weighted by atomic mass is 32.1. The van der Waals surface area contributed by atoms with Crippen LogP contribution in [0.15, 0.2) is 146 Å². The Morgan fingerprint density at radius 1 is 0.416 bits per heavy atom. The summed E-state index contributed by atoms with van der Waals surface area (Å²) < 4.78 is 61.0. The van der Waals surface area contributed by atoms with Gasteiger partial charge in [-0.25, -0.2) is 52.1 Å². The van der Waals surface area contributed by atoms with E-state index in [1.165, 1.54) is 65.3 Å². The monoisotopic (exact) mass is 1610 g/mol. The second-order valence-corrected chi connectivity index (χ2v) is 33.6. The molecule has 0 radical (unpaired) electrons. The molecule has 4 amide bonds. The minimum atomic E-state index is -0.967. The van der Waals surface area contributed by atoms with Gasteiger partial charge in [-0.15, -0.1) is 0 Å². The van der Waals surface area contributed by atoms with E-state index in [0.717, 1.165) is 81.6 Å². The SMILES string of the molecule is CC(C)(C)OC(=O)N1CCN(c2ncc(C(=O)O)s2)CC1.CC(C)(C)OC(=O)Nc1ccc(-c2ccc(F)cc2)cc1CC(=O)c1cnc(N2CCN(C(=O)OC(C)(C)C)CC2)s1.CC(C)(C)OC(=O)Nc1ccc(-c2ccc(F)cc2)cc1N.Nc1ccc(-c2ccc(F)cc2)cc1CC(=O)c1cnc(N2CCNCC2)s1. The number of anilines is 7. The molecule has 12 rings (SSSR count). The van der Waals surface area contributed by atoms with Crippen LogP contribution in [-0.4, -0.2) is 173 Å². The fourth-order valence-electron chi connectivity index (χ4n) is 11.4. The number of Topliss-reactive ketones (excluding diaryl/α,β-unsaturated/α-hetero) is 2. The average Bonchev–Trinajstić information content (AvgIpc) is 1.82. The van der Waals surface area contributed by atoms with Gasteiger partial charge < -0.3 is 65.3 Å². The van der Waals surface area contributed by atoms with E-state index >= 15 is 0 Å². The summed E-state index contributed by atoms with van der Waals surface area (Å²) in [6.45, 7) is 29.8. The van der Waals surface area contributed by atoms with E-state index in [-0.39, 0.29) is 58.9 Å². The number of halogens is 3. The maximum absolute atomic E-state index is 13.5. The van der Waals surface area contributed by atoms with Crippen molar-refractivity contribution in [3.63, 3.8) is 0 Å². The summed E-state index contributed by atoms with van der Waals surface area (Å²) in [4.78, 5) is 110. The lowest BCUT2D eigenvalue weighted by Crippen LogP contribution is -2.50. The highest BCUT2D eigenvalue weighted by Gasteiger charge is 2.31. The van der Waals surface area contributed by atoms with Gasteiger partial charge in [-0.1, -0.05) is 88.6 Å². The van der Waals surface area contributed by atoms with E-state index in [9.17, 15) is 46.7 Å². The number of hydrogen-bond donors (Lipinski definition) is 6. The third-order valence-corrected chi connectivity index (χ3v) is 20.1. The number of carboxylic acid groups (broad SMARTS) is 1. The Morgan fingerprint density at radius 3 is 1.12 bits per heavy atom. The number of thiazole rings is 3. The van der Waals surface area contributed by atoms with Crippen molar-refractivity contribution in [2.45, 2.75) is 118 Å². The zero-order valence-corrected chi connectivity index (χ0v) is 67.7. The first kappa shape index (κ1) is 85.8. The number of amides is 4. The molecule has 9 aromatic rings. The van der Waals surface area contributed by atoms with Gasteiger partial charge in [-0.05, 0) is 200 Å². The molecule has 600 valence electrons. The van der Waals surface area contributed by atoms with Gasteiger partial charge in [-0.2, -0.15) is 0 Å². The minimum Gasteiger partial charge on any atom is -0.477 e. The number of carbonyl (C=O) groups excluding carboxylic acids is 6. The summed E-state index contributed by atoms with van der Waals surface area (Å²) >= 11 is 3.87. The maximum atomic E-state index is 13.5. The van der Waals surface area contributed by atoms with E-state index in [0.29, 0.717) is 101 Å². The van der Waals surface area contributed by atoms with Gasteiger partial charge in [0.25, 0.3) is 0 Å². The smallest absolute Gasteiger partial charge is 0.412 e. The van der Waals surface area contributed by atoms with Crippen molar-refractivity contribution >= 4 is 114 Å². The molecule has 3 aromatic heterocycles. The van der Waals surface area contributed by atoms with E-state index < -0.39 is 40.6 Å². The van der Waals surface area contributed by atoms with Crippen LogP contribution in [0.25, 0.3) is 33.4 Å². The Bertz CT molecular complexity index is 4780. The number of piperazine rings is 3. The lowest BCUT2D eigenvalue weighted by Gasteiger charge is -2.35. The van der Waals surface area contributed by atoms with Crippen molar-refractivity contribution in [3.8, 4) is 33.4 Å². The van der Waals surface area contributed by atoms with Crippen LogP contribution in [-0.2, 0) is 31.8 Å². The molecule has 25 nitrogen and oxygen atoms in total. The molecule has 6 heterocycles. The maximum Gasteiger partial charge on any atom is 0.412 e. The molecule has 0 saturated carbocycles. The third kappa shape index (κ3) is 26.5. The van der Waals surface area contributed by atoms with Crippen molar-refractivity contribution in [3.05, 3.63) is 189 Å². The Kier molecular flexibility index (Phi) is 28.8. The molecule has 0 spiro atoms. The normalized spacial score (nSPS) is 13.8. The highest BCUT2D eigenvalue weighted by molar-refractivity contribution is 7.18. The lowest BCUT2D eigenvalue weighted by atomic mass is 9.98. The first-order valence-electron chi connectivity index (χ1n) is 36.5. The van der Waals surface area contributed by atoms with E-state index in [4.69, 9.17) is 35.5 Å². The summed E-state index contributed by atoms with van der Waals surface area (Å²) in [6, 6.07) is 34.6. The lowest BCUT2D eigenvalue weighted by molar-refractivity contribution is 0.0230. The second-order valence-electron chi connectivity index (χ2n) is 30.5. The second kappa shape index (κ2) is 37.9. The number of nitrogens with zero attached hydrogens (tertiary/aromatic N) is 8. The number of nitrogen functional groups attached to an aromatic ring is 2. The number of rotatable bonds is 15.